The van der Waals surface area contributed by atoms with Crippen molar-refractivity contribution in [3.63, 3.8) is 0 Å². The van der Waals surface area contributed by atoms with Crippen molar-refractivity contribution in [2.24, 2.45) is 5.92 Å². The fourth-order valence-electron chi connectivity index (χ4n) is 1.79. The number of nitrogen functional groups attached to an aromatic ring is 1. The SMILES string of the molecule is CC(C1CCC1)n1nccc1N. The number of rotatable bonds is 2. The van der Waals surface area contributed by atoms with Crippen LogP contribution >= 0.6 is 0 Å². The number of anilines is 1. The maximum atomic E-state index is 5.76. The Morgan fingerprint density at radius 2 is 2.42 bits per heavy atom. The molecule has 0 radical (unpaired) electrons. The van der Waals surface area contributed by atoms with Crippen LogP contribution < -0.4 is 5.73 Å². The van der Waals surface area contributed by atoms with Gasteiger partial charge in [-0.3, -0.25) is 0 Å². The molecule has 2 N–H and O–H groups in total. The van der Waals surface area contributed by atoms with Gasteiger partial charge in [-0.25, -0.2) is 4.68 Å². The molecule has 0 aromatic carbocycles. The quantitative estimate of drug-likeness (QED) is 0.726. The lowest BCUT2D eigenvalue weighted by molar-refractivity contribution is 0.212. The first-order chi connectivity index (χ1) is 5.79. The first-order valence-corrected chi connectivity index (χ1v) is 4.58. The average molecular weight is 165 g/mol. The van der Waals surface area contributed by atoms with Crippen LogP contribution in [0.3, 0.4) is 0 Å². The van der Waals surface area contributed by atoms with Crippen LogP contribution in [-0.4, -0.2) is 9.78 Å². The third-order valence-corrected chi connectivity index (χ3v) is 2.92. The van der Waals surface area contributed by atoms with Crippen molar-refractivity contribution < 1.29 is 0 Å². The van der Waals surface area contributed by atoms with Crippen LogP contribution in [0.2, 0.25) is 0 Å². The Bertz CT molecular complexity index is 262. The van der Waals surface area contributed by atoms with E-state index in [4.69, 9.17) is 5.73 Å². The van der Waals surface area contributed by atoms with Crippen molar-refractivity contribution in [2.45, 2.75) is 32.2 Å². The summed E-state index contributed by atoms with van der Waals surface area (Å²) in [7, 11) is 0. The van der Waals surface area contributed by atoms with E-state index in [2.05, 4.69) is 12.0 Å². The average Bonchev–Trinajstić information content (AvgIpc) is 2.31. The summed E-state index contributed by atoms with van der Waals surface area (Å²) < 4.78 is 1.93. The Labute approximate surface area is 72.6 Å². The maximum Gasteiger partial charge on any atom is 0.121 e. The van der Waals surface area contributed by atoms with E-state index in [-0.39, 0.29) is 0 Å². The summed E-state index contributed by atoms with van der Waals surface area (Å²) >= 11 is 0. The van der Waals surface area contributed by atoms with Crippen molar-refractivity contribution in [3.05, 3.63) is 12.3 Å². The summed E-state index contributed by atoms with van der Waals surface area (Å²) in [5, 5.41) is 4.21. The zero-order valence-electron chi connectivity index (χ0n) is 7.40. The molecule has 1 saturated carbocycles. The van der Waals surface area contributed by atoms with E-state index in [0.717, 1.165) is 11.7 Å². The van der Waals surface area contributed by atoms with E-state index in [0.29, 0.717) is 6.04 Å². The normalized spacial score (nSPS) is 20.4. The zero-order chi connectivity index (χ0) is 8.55. The van der Waals surface area contributed by atoms with E-state index in [1.165, 1.54) is 19.3 Å². The summed E-state index contributed by atoms with van der Waals surface area (Å²) in [4.78, 5) is 0. The first kappa shape index (κ1) is 7.65. The van der Waals surface area contributed by atoms with Crippen LogP contribution in [0.1, 0.15) is 32.2 Å². The van der Waals surface area contributed by atoms with Gasteiger partial charge in [0.05, 0.1) is 12.2 Å². The third-order valence-electron chi connectivity index (χ3n) is 2.92. The van der Waals surface area contributed by atoms with Gasteiger partial charge in [0, 0.05) is 0 Å². The van der Waals surface area contributed by atoms with Crippen LogP contribution in [0.4, 0.5) is 5.82 Å². The van der Waals surface area contributed by atoms with Crippen molar-refractivity contribution in [3.8, 4) is 0 Å². The van der Waals surface area contributed by atoms with Crippen LogP contribution in [0.15, 0.2) is 12.3 Å². The molecule has 3 heteroatoms. The Hall–Kier alpha value is -0.990. The second kappa shape index (κ2) is 2.81. The van der Waals surface area contributed by atoms with Gasteiger partial charge >= 0.3 is 0 Å². The van der Waals surface area contributed by atoms with Gasteiger partial charge in [0.1, 0.15) is 5.82 Å². The molecule has 1 unspecified atom stereocenters. The highest BCUT2D eigenvalue weighted by Crippen LogP contribution is 2.36. The van der Waals surface area contributed by atoms with Gasteiger partial charge in [0.25, 0.3) is 0 Å². The molecular weight excluding hydrogens is 150 g/mol. The predicted molar refractivity (Wildman–Crippen MR) is 48.7 cm³/mol. The molecule has 1 aromatic heterocycles. The highest BCUT2D eigenvalue weighted by molar-refractivity contribution is 5.26. The number of nitrogens with two attached hydrogens (primary N) is 1. The molecule has 1 atom stereocenters. The lowest BCUT2D eigenvalue weighted by atomic mass is 9.80. The minimum Gasteiger partial charge on any atom is -0.384 e. The van der Waals surface area contributed by atoms with Crippen molar-refractivity contribution >= 4 is 5.82 Å². The fourth-order valence-corrected chi connectivity index (χ4v) is 1.79. The maximum absolute atomic E-state index is 5.76. The van der Waals surface area contributed by atoms with Crippen LogP contribution in [-0.2, 0) is 0 Å². The summed E-state index contributed by atoms with van der Waals surface area (Å²) in [5.41, 5.74) is 5.76. The van der Waals surface area contributed by atoms with Crippen LogP contribution in [0, 0.1) is 5.92 Å². The van der Waals surface area contributed by atoms with Crippen LogP contribution in [0.25, 0.3) is 0 Å². The molecule has 1 aliphatic rings. The van der Waals surface area contributed by atoms with E-state index < -0.39 is 0 Å². The molecular formula is C9H15N3. The second-order valence-corrected chi connectivity index (χ2v) is 3.63. The number of hydrogen-bond donors (Lipinski definition) is 1. The fraction of sp³-hybridized carbons (Fsp3) is 0.667. The zero-order valence-corrected chi connectivity index (χ0v) is 7.40. The van der Waals surface area contributed by atoms with E-state index in [9.17, 15) is 0 Å². The molecule has 0 bridgehead atoms. The lowest BCUT2D eigenvalue weighted by Gasteiger charge is -2.31. The Morgan fingerprint density at radius 3 is 2.83 bits per heavy atom. The van der Waals surface area contributed by atoms with E-state index >= 15 is 0 Å². The lowest BCUT2D eigenvalue weighted by Crippen LogP contribution is -2.24. The molecule has 0 spiro atoms. The van der Waals surface area contributed by atoms with Gasteiger partial charge in [-0.1, -0.05) is 6.42 Å². The number of hydrogen-bond acceptors (Lipinski definition) is 2. The molecule has 12 heavy (non-hydrogen) atoms. The van der Waals surface area contributed by atoms with E-state index in [1.54, 1.807) is 6.20 Å². The van der Waals surface area contributed by atoms with Gasteiger partial charge in [0.2, 0.25) is 0 Å². The molecule has 0 saturated heterocycles. The van der Waals surface area contributed by atoms with Gasteiger partial charge in [-0.15, -0.1) is 0 Å². The molecule has 0 amide bonds. The predicted octanol–water partition coefficient (Wildman–Crippen LogP) is 1.83. The largest absolute Gasteiger partial charge is 0.384 e. The first-order valence-electron chi connectivity index (χ1n) is 4.58. The summed E-state index contributed by atoms with van der Waals surface area (Å²) in [6, 6.07) is 2.34. The van der Waals surface area contributed by atoms with E-state index in [1.807, 2.05) is 10.7 Å². The number of aromatic nitrogens is 2. The van der Waals surface area contributed by atoms with Crippen molar-refractivity contribution in [1.82, 2.24) is 9.78 Å². The topological polar surface area (TPSA) is 43.8 Å². The summed E-state index contributed by atoms with van der Waals surface area (Å²) in [6.07, 6.45) is 5.81. The van der Waals surface area contributed by atoms with Gasteiger partial charge < -0.3 is 5.73 Å². The Balaban J connectivity index is 2.13. The molecule has 0 aliphatic heterocycles. The van der Waals surface area contributed by atoms with Gasteiger partial charge in [-0.2, -0.15) is 5.10 Å². The smallest absolute Gasteiger partial charge is 0.121 e. The third kappa shape index (κ3) is 1.09. The Kier molecular flexibility index (Phi) is 1.79. The highest BCUT2D eigenvalue weighted by atomic mass is 15.3. The molecule has 1 heterocycles. The molecule has 1 fully saturated rings. The molecule has 2 rings (SSSR count). The minimum atomic E-state index is 0.480. The molecule has 66 valence electrons. The second-order valence-electron chi connectivity index (χ2n) is 3.63. The van der Waals surface area contributed by atoms with Gasteiger partial charge in [0.15, 0.2) is 0 Å². The number of nitrogens with zero attached hydrogens (tertiary/aromatic N) is 2. The highest BCUT2D eigenvalue weighted by Gasteiger charge is 2.26. The summed E-state index contributed by atoms with van der Waals surface area (Å²) in [6.45, 7) is 2.20. The molecule has 1 aromatic rings. The Morgan fingerprint density at radius 1 is 1.67 bits per heavy atom. The summed E-state index contributed by atoms with van der Waals surface area (Å²) in [5.74, 6) is 1.58. The standard InChI is InChI=1S/C9H15N3/c1-7(8-3-2-4-8)12-9(10)5-6-11-12/h5-8H,2-4,10H2,1H3. The monoisotopic (exact) mass is 165 g/mol. The minimum absolute atomic E-state index is 0.480. The van der Waals surface area contributed by atoms with Gasteiger partial charge in [-0.05, 0) is 31.7 Å². The van der Waals surface area contributed by atoms with Crippen molar-refractivity contribution in [1.29, 1.82) is 0 Å². The van der Waals surface area contributed by atoms with Crippen LogP contribution in [0.5, 0.6) is 0 Å². The van der Waals surface area contributed by atoms with Crippen molar-refractivity contribution in [2.75, 3.05) is 5.73 Å². The molecule has 1 aliphatic carbocycles. The molecule has 3 nitrogen and oxygen atoms in total.